The van der Waals surface area contributed by atoms with Gasteiger partial charge in [0, 0.05) is 111 Å². The number of carbonyl (C=O) groups is 5. The molecule has 1 unspecified atom stereocenters. The molecule has 324 valence electrons. The molecule has 1 atom stereocenters. The SMILES string of the molecule is CC1(C)C(NC(=O)c2ccc(N3CCC(N4CC(N5CCN(c6ccc7c(c6)C(=O)N(C6CCC(=O)NC6=O)C7=O)CC5)C4)CC3)cc2)C(C)(C)C1Oc1ccc(C#N)c(Cl)c1. The smallest absolute Gasteiger partial charge is 0.262 e. The zero-order valence-electron chi connectivity index (χ0n) is 35.7. The van der Waals surface area contributed by atoms with E-state index in [4.69, 9.17) is 16.3 Å². The number of benzene rings is 3. The minimum atomic E-state index is -0.971. The number of halogens is 1. The number of carbonyl (C=O) groups excluding carboxylic acids is 5. The molecule has 9 rings (SSSR count). The van der Waals surface area contributed by atoms with Crippen LogP contribution < -0.4 is 25.2 Å². The first-order valence-electron chi connectivity index (χ1n) is 21.7. The molecule has 15 heteroatoms. The Morgan fingerprint density at radius 3 is 2.06 bits per heavy atom. The molecule has 0 spiro atoms. The van der Waals surface area contributed by atoms with Gasteiger partial charge in [0.2, 0.25) is 11.8 Å². The highest BCUT2D eigenvalue weighted by molar-refractivity contribution is 6.31. The molecule has 0 bridgehead atoms. The van der Waals surface area contributed by atoms with Crippen LogP contribution in [0, 0.1) is 22.2 Å². The second kappa shape index (κ2) is 16.0. The second-order valence-corrected chi connectivity index (χ2v) is 19.3. The minimum absolute atomic E-state index is 0.0939. The topological polar surface area (TPSA) is 159 Å². The summed E-state index contributed by atoms with van der Waals surface area (Å²) in [4.78, 5) is 75.0. The Kier molecular flexibility index (Phi) is 10.8. The molecule has 5 aliphatic heterocycles. The number of nitrogens with zero attached hydrogens (tertiary/aromatic N) is 6. The van der Waals surface area contributed by atoms with Crippen molar-refractivity contribution in [3.05, 3.63) is 87.9 Å². The predicted octanol–water partition coefficient (Wildman–Crippen LogP) is 4.70. The van der Waals surface area contributed by atoms with Crippen molar-refractivity contribution in [2.45, 2.75) is 83.6 Å². The summed E-state index contributed by atoms with van der Waals surface area (Å²) in [5.74, 6) is -1.46. The van der Waals surface area contributed by atoms with Crippen LogP contribution in [-0.4, -0.2) is 127 Å². The van der Waals surface area contributed by atoms with Crippen LogP contribution in [0.5, 0.6) is 5.75 Å². The van der Waals surface area contributed by atoms with Crippen LogP contribution in [0.3, 0.4) is 0 Å². The maximum Gasteiger partial charge on any atom is 0.262 e. The maximum absolute atomic E-state index is 13.5. The van der Waals surface area contributed by atoms with E-state index in [2.05, 4.69) is 76.1 Å². The van der Waals surface area contributed by atoms with Crippen LogP contribution in [-0.2, 0) is 9.59 Å². The number of anilines is 2. The first-order chi connectivity index (χ1) is 29.6. The van der Waals surface area contributed by atoms with Gasteiger partial charge in [0.25, 0.3) is 17.7 Å². The number of hydrogen-bond acceptors (Lipinski definition) is 11. The quantitative estimate of drug-likeness (QED) is 0.288. The van der Waals surface area contributed by atoms with Gasteiger partial charge >= 0.3 is 0 Å². The fourth-order valence-corrected chi connectivity index (χ4v) is 11.4. The van der Waals surface area contributed by atoms with Crippen molar-refractivity contribution in [3.8, 4) is 11.8 Å². The number of nitriles is 1. The summed E-state index contributed by atoms with van der Waals surface area (Å²) in [5, 5.41) is 15.1. The molecule has 5 heterocycles. The van der Waals surface area contributed by atoms with Crippen molar-refractivity contribution in [1.29, 1.82) is 5.26 Å². The van der Waals surface area contributed by atoms with Crippen molar-refractivity contribution < 1.29 is 28.7 Å². The molecule has 0 aromatic heterocycles. The van der Waals surface area contributed by atoms with Gasteiger partial charge < -0.3 is 19.9 Å². The van der Waals surface area contributed by atoms with Crippen LogP contribution in [0.15, 0.2) is 60.7 Å². The summed E-state index contributed by atoms with van der Waals surface area (Å²) >= 11 is 6.26. The van der Waals surface area contributed by atoms with Gasteiger partial charge in [-0.3, -0.25) is 44.0 Å². The molecular weight excluding hydrogens is 808 g/mol. The van der Waals surface area contributed by atoms with Gasteiger partial charge in [-0.05, 0) is 73.9 Å². The van der Waals surface area contributed by atoms with Crippen LogP contribution in [0.25, 0.3) is 0 Å². The van der Waals surface area contributed by atoms with Crippen molar-refractivity contribution in [2.75, 3.05) is 62.2 Å². The number of ether oxygens (including phenoxy) is 1. The molecule has 1 saturated carbocycles. The normalized spacial score (nSPS) is 25.4. The fourth-order valence-electron chi connectivity index (χ4n) is 11.1. The molecule has 14 nitrogen and oxygen atoms in total. The molecule has 6 aliphatic rings. The van der Waals surface area contributed by atoms with E-state index in [1.54, 1.807) is 30.3 Å². The number of nitrogens with one attached hydrogen (secondary N) is 2. The van der Waals surface area contributed by atoms with E-state index in [1.165, 1.54) is 0 Å². The Morgan fingerprint density at radius 1 is 0.774 bits per heavy atom. The Balaban J connectivity index is 0.713. The maximum atomic E-state index is 13.5. The largest absolute Gasteiger partial charge is 0.489 e. The van der Waals surface area contributed by atoms with Gasteiger partial charge in [0.1, 0.15) is 24.0 Å². The van der Waals surface area contributed by atoms with E-state index in [1.807, 2.05) is 18.2 Å². The van der Waals surface area contributed by atoms with Crippen LogP contribution in [0.2, 0.25) is 5.02 Å². The highest BCUT2D eigenvalue weighted by Crippen LogP contribution is 2.55. The number of imide groups is 2. The molecule has 0 radical (unpaired) electrons. The van der Waals surface area contributed by atoms with Crippen molar-refractivity contribution in [2.24, 2.45) is 10.8 Å². The third-order valence-corrected chi connectivity index (χ3v) is 14.7. The lowest BCUT2D eigenvalue weighted by Crippen LogP contribution is -2.74. The van der Waals surface area contributed by atoms with E-state index >= 15 is 0 Å². The van der Waals surface area contributed by atoms with Gasteiger partial charge in [-0.25, -0.2) is 0 Å². The average molecular weight is 861 g/mol. The summed E-state index contributed by atoms with van der Waals surface area (Å²) in [6, 6.07) is 20.5. The summed E-state index contributed by atoms with van der Waals surface area (Å²) in [6.45, 7) is 15.9. The Hall–Kier alpha value is -5.49. The molecule has 1 aliphatic carbocycles. The number of piperidine rings is 2. The number of piperazine rings is 1. The predicted molar refractivity (Wildman–Crippen MR) is 233 cm³/mol. The molecule has 5 amide bonds. The Labute approximate surface area is 367 Å². The molecule has 3 aromatic rings. The van der Waals surface area contributed by atoms with Crippen molar-refractivity contribution in [3.63, 3.8) is 0 Å². The van der Waals surface area contributed by atoms with E-state index in [0.29, 0.717) is 45.1 Å². The second-order valence-electron chi connectivity index (χ2n) is 18.9. The highest BCUT2D eigenvalue weighted by Gasteiger charge is 2.64. The van der Waals surface area contributed by atoms with Gasteiger partial charge in [-0.15, -0.1) is 0 Å². The minimum Gasteiger partial charge on any atom is -0.489 e. The molecule has 62 heavy (non-hydrogen) atoms. The Bertz CT molecular complexity index is 2340. The van der Waals surface area contributed by atoms with Gasteiger partial charge in [-0.1, -0.05) is 39.3 Å². The van der Waals surface area contributed by atoms with E-state index < -0.39 is 23.8 Å². The molecule has 5 fully saturated rings. The van der Waals surface area contributed by atoms with Gasteiger partial charge in [0.05, 0.1) is 21.7 Å². The monoisotopic (exact) mass is 860 g/mol. The number of amides is 5. The summed E-state index contributed by atoms with van der Waals surface area (Å²) in [7, 11) is 0. The number of rotatable bonds is 9. The lowest BCUT2D eigenvalue weighted by Gasteiger charge is -2.63. The molecule has 2 N–H and O–H groups in total. The van der Waals surface area contributed by atoms with Crippen LogP contribution in [0.4, 0.5) is 11.4 Å². The summed E-state index contributed by atoms with van der Waals surface area (Å²) in [5.41, 5.74) is 2.97. The fraction of sp³-hybridized carbons (Fsp3) is 0.489. The standard InChI is InChI=1S/C47H53ClN8O6/c1-46(2)44(47(3,4)45(46)62-34-11-7-29(25-49)37(48)24-34)51-40(58)28-5-8-30(9-6-28)52-17-15-31(16-18-52)55-26-33(27-55)54-21-19-53(20-22-54)32-10-12-35-36(23-32)43(61)56(42(35)60)38-13-14-39(57)50-41(38)59/h5-12,23-24,31,33,38,44-45H,13-22,26-27H2,1-4H3,(H,51,58)(H,50,57,59). The zero-order valence-corrected chi connectivity index (χ0v) is 36.4. The molecule has 4 saturated heterocycles. The number of likely N-dealkylation sites (tertiary alicyclic amines) is 1. The lowest BCUT2D eigenvalue weighted by atomic mass is 9.49. The van der Waals surface area contributed by atoms with Gasteiger partial charge in [0.15, 0.2) is 0 Å². The first-order valence-corrected chi connectivity index (χ1v) is 22.1. The van der Waals surface area contributed by atoms with Crippen LogP contribution >= 0.6 is 11.6 Å². The zero-order chi connectivity index (χ0) is 43.7. The summed E-state index contributed by atoms with van der Waals surface area (Å²) in [6.07, 6.45) is 2.24. The lowest BCUT2D eigenvalue weighted by molar-refractivity contribution is -0.164. The first kappa shape index (κ1) is 41.8. The molecular formula is C47H53ClN8O6. The van der Waals surface area contributed by atoms with E-state index in [-0.39, 0.29) is 47.6 Å². The highest BCUT2D eigenvalue weighted by atomic mass is 35.5. The van der Waals surface area contributed by atoms with E-state index in [9.17, 15) is 29.2 Å². The van der Waals surface area contributed by atoms with Crippen LogP contribution in [0.1, 0.15) is 90.0 Å². The average Bonchev–Trinajstić information content (AvgIpc) is 3.49. The Morgan fingerprint density at radius 2 is 1.42 bits per heavy atom. The van der Waals surface area contributed by atoms with E-state index in [0.717, 1.165) is 81.5 Å². The van der Waals surface area contributed by atoms with Crippen molar-refractivity contribution >= 4 is 52.5 Å². The summed E-state index contributed by atoms with van der Waals surface area (Å²) < 4.78 is 6.39. The third-order valence-electron chi connectivity index (χ3n) is 14.4. The van der Waals surface area contributed by atoms with Gasteiger partial charge in [-0.2, -0.15) is 5.26 Å². The molecule has 3 aromatic carbocycles. The number of hydrogen-bond donors (Lipinski definition) is 2. The number of fused-ring (bicyclic) bond motifs is 1. The third kappa shape index (κ3) is 7.37. The van der Waals surface area contributed by atoms with Crippen molar-refractivity contribution in [1.82, 2.24) is 25.3 Å².